The van der Waals surface area contributed by atoms with E-state index in [1.807, 2.05) is 12.1 Å². The van der Waals surface area contributed by atoms with Crippen LogP contribution < -0.4 is 5.32 Å². The highest BCUT2D eigenvalue weighted by atomic mass is 16.3. The smallest absolute Gasteiger partial charge is 0.115 e. The quantitative estimate of drug-likeness (QED) is 0.724. The minimum atomic E-state index is 0.336. The second-order valence-corrected chi connectivity index (χ2v) is 5.95. The summed E-state index contributed by atoms with van der Waals surface area (Å²) >= 11 is 0. The van der Waals surface area contributed by atoms with Crippen LogP contribution in [-0.4, -0.2) is 18.2 Å². The van der Waals surface area contributed by atoms with Crippen LogP contribution in [0.15, 0.2) is 24.3 Å². The Morgan fingerprint density at radius 2 is 2.17 bits per heavy atom. The number of aromatic hydroxyl groups is 1. The molecule has 2 nitrogen and oxygen atoms in total. The Labute approximate surface area is 110 Å². The first-order valence-electron chi connectivity index (χ1n) is 7.13. The first-order chi connectivity index (χ1) is 8.64. The lowest BCUT2D eigenvalue weighted by atomic mass is 9.79. The first kappa shape index (κ1) is 13.4. The van der Waals surface area contributed by atoms with Gasteiger partial charge in [0.25, 0.3) is 0 Å². The van der Waals surface area contributed by atoms with Gasteiger partial charge >= 0.3 is 0 Å². The maximum atomic E-state index is 9.56. The SMILES string of the molecule is CCCNCC(C)(Cc1cccc(O)c1)C1CC1. The van der Waals surface area contributed by atoms with Crippen LogP contribution in [-0.2, 0) is 6.42 Å². The van der Waals surface area contributed by atoms with E-state index in [2.05, 4.69) is 25.2 Å². The van der Waals surface area contributed by atoms with E-state index in [1.165, 1.54) is 24.8 Å². The van der Waals surface area contributed by atoms with Crippen molar-refractivity contribution in [1.82, 2.24) is 5.32 Å². The molecule has 0 aliphatic heterocycles. The van der Waals surface area contributed by atoms with Crippen molar-refractivity contribution in [2.75, 3.05) is 13.1 Å². The number of hydrogen-bond donors (Lipinski definition) is 2. The molecule has 1 atom stereocenters. The third-order valence-corrected chi connectivity index (χ3v) is 4.04. The van der Waals surface area contributed by atoms with E-state index >= 15 is 0 Å². The van der Waals surface area contributed by atoms with Crippen molar-refractivity contribution in [1.29, 1.82) is 0 Å². The van der Waals surface area contributed by atoms with Gasteiger partial charge < -0.3 is 10.4 Å². The normalized spacial score (nSPS) is 18.6. The molecule has 0 bridgehead atoms. The molecule has 1 aliphatic rings. The molecule has 0 saturated heterocycles. The van der Waals surface area contributed by atoms with E-state index < -0.39 is 0 Å². The zero-order chi connectivity index (χ0) is 13.0. The molecule has 100 valence electrons. The molecule has 0 spiro atoms. The third-order valence-electron chi connectivity index (χ3n) is 4.04. The van der Waals surface area contributed by atoms with Crippen molar-refractivity contribution >= 4 is 0 Å². The highest BCUT2D eigenvalue weighted by Gasteiger charge is 2.40. The number of hydrogen-bond acceptors (Lipinski definition) is 2. The minimum absolute atomic E-state index is 0.336. The maximum absolute atomic E-state index is 9.56. The van der Waals surface area contributed by atoms with Gasteiger partial charge in [0, 0.05) is 6.54 Å². The summed E-state index contributed by atoms with van der Waals surface area (Å²) in [5.41, 5.74) is 1.59. The van der Waals surface area contributed by atoms with Crippen LogP contribution in [0.25, 0.3) is 0 Å². The third kappa shape index (κ3) is 3.49. The molecule has 0 amide bonds. The minimum Gasteiger partial charge on any atom is -0.508 e. The van der Waals surface area contributed by atoms with Gasteiger partial charge in [-0.05, 0) is 61.3 Å². The zero-order valence-electron chi connectivity index (χ0n) is 11.6. The fourth-order valence-electron chi connectivity index (χ4n) is 2.81. The Kier molecular flexibility index (Phi) is 4.28. The van der Waals surface area contributed by atoms with Crippen LogP contribution in [0.4, 0.5) is 0 Å². The predicted octanol–water partition coefficient (Wildman–Crippen LogP) is 3.35. The van der Waals surface area contributed by atoms with Crippen LogP contribution >= 0.6 is 0 Å². The lowest BCUT2D eigenvalue weighted by molar-refractivity contribution is 0.256. The molecule has 0 heterocycles. The largest absolute Gasteiger partial charge is 0.508 e. The number of rotatable bonds is 7. The van der Waals surface area contributed by atoms with Gasteiger partial charge in [0.05, 0.1) is 0 Å². The Morgan fingerprint density at radius 1 is 1.39 bits per heavy atom. The molecular formula is C16H25NO. The van der Waals surface area contributed by atoms with E-state index in [1.54, 1.807) is 6.07 Å². The first-order valence-corrected chi connectivity index (χ1v) is 7.13. The summed E-state index contributed by atoms with van der Waals surface area (Å²) in [5, 5.41) is 13.1. The summed E-state index contributed by atoms with van der Waals surface area (Å²) in [6, 6.07) is 7.71. The van der Waals surface area contributed by atoms with Crippen molar-refractivity contribution in [3.63, 3.8) is 0 Å². The van der Waals surface area contributed by atoms with Crippen molar-refractivity contribution in [3.8, 4) is 5.75 Å². The summed E-state index contributed by atoms with van der Waals surface area (Å²) < 4.78 is 0. The van der Waals surface area contributed by atoms with Crippen molar-refractivity contribution in [3.05, 3.63) is 29.8 Å². The van der Waals surface area contributed by atoms with E-state index in [4.69, 9.17) is 0 Å². The molecule has 0 radical (unpaired) electrons. The summed E-state index contributed by atoms with van der Waals surface area (Å²) in [5.74, 6) is 1.23. The fraction of sp³-hybridized carbons (Fsp3) is 0.625. The Balaban J connectivity index is 2.01. The molecule has 1 fully saturated rings. The standard InChI is InChI=1S/C16H25NO/c1-3-9-17-12-16(2,14-7-8-14)11-13-5-4-6-15(18)10-13/h4-6,10,14,17-18H,3,7-9,11-12H2,1-2H3. The summed E-state index contributed by atoms with van der Waals surface area (Å²) in [4.78, 5) is 0. The number of nitrogens with one attached hydrogen (secondary N) is 1. The average Bonchev–Trinajstić information content (AvgIpc) is 3.13. The second kappa shape index (κ2) is 5.75. The molecule has 1 aromatic carbocycles. The van der Waals surface area contributed by atoms with Crippen molar-refractivity contribution in [2.24, 2.45) is 11.3 Å². The van der Waals surface area contributed by atoms with Crippen LogP contribution in [0.5, 0.6) is 5.75 Å². The van der Waals surface area contributed by atoms with Crippen molar-refractivity contribution < 1.29 is 5.11 Å². The van der Waals surface area contributed by atoms with Crippen LogP contribution in [0, 0.1) is 11.3 Å². The molecule has 2 rings (SSSR count). The molecule has 1 aromatic rings. The monoisotopic (exact) mass is 247 g/mol. The van der Waals surface area contributed by atoms with Gasteiger partial charge in [0.1, 0.15) is 5.75 Å². The Morgan fingerprint density at radius 3 is 2.78 bits per heavy atom. The Bertz CT molecular complexity index is 386. The molecule has 18 heavy (non-hydrogen) atoms. The van der Waals surface area contributed by atoms with Crippen LogP contribution in [0.2, 0.25) is 0 Å². The number of benzene rings is 1. The van der Waals surface area contributed by atoms with Gasteiger partial charge in [-0.2, -0.15) is 0 Å². The van der Waals surface area contributed by atoms with Gasteiger partial charge in [-0.15, -0.1) is 0 Å². The highest BCUT2D eigenvalue weighted by Crippen LogP contribution is 2.47. The predicted molar refractivity (Wildman–Crippen MR) is 75.8 cm³/mol. The van der Waals surface area contributed by atoms with Gasteiger partial charge in [-0.3, -0.25) is 0 Å². The highest BCUT2D eigenvalue weighted by molar-refractivity contribution is 5.28. The number of phenolic OH excluding ortho intramolecular Hbond substituents is 1. The lowest BCUT2D eigenvalue weighted by Crippen LogP contribution is -2.36. The molecule has 2 heteroatoms. The molecule has 1 aliphatic carbocycles. The average molecular weight is 247 g/mol. The second-order valence-electron chi connectivity index (χ2n) is 5.95. The Hall–Kier alpha value is -1.02. The van der Waals surface area contributed by atoms with E-state index in [0.717, 1.165) is 25.4 Å². The van der Waals surface area contributed by atoms with Crippen LogP contribution in [0.3, 0.4) is 0 Å². The summed E-state index contributed by atoms with van der Waals surface area (Å²) in [6.07, 6.45) is 4.97. The van der Waals surface area contributed by atoms with Gasteiger partial charge in [-0.1, -0.05) is 26.0 Å². The van der Waals surface area contributed by atoms with Crippen LogP contribution in [0.1, 0.15) is 38.7 Å². The maximum Gasteiger partial charge on any atom is 0.115 e. The topological polar surface area (TPSA) is 32.3 Å². The van der Waals surface area contributed by atoms with Gasteiger partial charge in [-0.25, -0.2) is 0 Å². The molecule has 1 unspecified atom stereocenters. The van der Waals surface area contributed by atoms with Crippen molar-refractivity contribution in [2.45, 2.75) is 39.5 Å². The van der Waals surface area contributed by atoms with E-state index in [-0.39, 0.29) is 0 Å². The molecule has 2 N–H and O–H groups in total. The number of phenols is 1. The zero-order valence-corrected chi connectivity index (χ0v) is 11.6. The molecule has 1 saturated carbocycles. The van der Waals surface area contributed by atoms with E-state index in [0.29, 0.717) is 11.2 Å². The summed E-state index contributed by atoms with van der Waals surface area (Å²) in [7, 11) is 0. The fourth-order valence-corrected chi connectivity index (χ4v) is 2.81. The molecular weight excluding hydrogens is 222 g/mol. The lowest BCUT2D eigenvalue weighted by Gasteiger charge is -2.30. The van der Waals surface area contributed by atoms with Gasteiger partial charge in [0.2, 0.25) is 0 Å². The summed E-state index contributed by atoms with van der Waals surface area (Å²) in [6.45, 7) is 6.78. The van der Waals surface area contributed by atoms with E-state index in [9.17, 15) is 5.11 Å². The van der Waals surface area contributed by atoms with Gasteiger partial charge in [0.15, 0.2) is 0 Å². The molecule has 0 aromatic heterocycles.